The minimum Gasteiger partial charge on any atom is -0.496 e. The Balaban J connectivity index is 0.960. The highest BCUT2D eigenvalue weighted by Crippen LogP contribution is 2.37. The number of aromatic nitrogens is 2. The molecule has 2 N–H and O–H groups in total. The first-order chi connectivity index (χ1) is 26.8. The zero-order valence-electron chi connectivity index (χ0n) is 31.2. The van der Waals surface area contributed by atoms with E-state index in [0.29, 0.717) is 67.0 Å². The highest BCUT2D eigenvalue weighted by molar-refractivity contribution is 7.70. The number of halogens is 1. The van der Waals surface area contributed by atoms with Crippen LogP contribution in [0, 0.1) is 0 Å². The van der Waals surface area contributed by atoms with Gasteiger partial charge in [0.25, 0.3) is 11.8 Å². The molecular weight excluding hydrogens is 757 g/mol. The highest BCUT2D eigenvalue weighted by atomic mass is 35.5. The molecule has 3 aliphatic heterocycles. The molecule has 0 aliphatic carbocycles. The molecule has 0 saturated carbocycles. The van der Waals surface area contributed by atoms with Gasteiger partial charge in [-0.2, -0.15) is 0 Å². The van der Waals surface area contributed by atoms with Crippen molar-refractivity contribution in [3.05, 3.63) is 106 Å². The van der Waals surface area contributed by atoms with Crippen molar-refractivity contribution in [1.82, 2.24) is 25.1 Å². The van der Waals surface area contributed by atoms with Gasteiger partial charge in [-0.05, 0) is 43.5 Å². The number of benzene rings is 3. The summed E-state index contributed by atoms with van der Waals surface area (Å²) >= 11 is 6.53. The van der Waals surface area contributed by atoms with E-state index in [1.807, 2.05) is 42.5 Å². The molecule has 4 aromatic rings. The lowest BCUT2D eigenvalue weighted by molar-refractivity contribution is -0.136. The average molecular weight is 798 g/mol. The number of piperidine rings is 1. The number of fused-ring (bicyclic) bond motifs is 1. The van der Waals surface area contributed by atoms with Crippen molar-refractivity contribution in [2.75, 3.05) is 63.4 Å². The van der Waals surface area contributed by atoms with Gasteiger partial charge < -0.3 is 24.4 Å². The molecule has 3 aliphatic rings. The fraction of sp³-hybridized carbons (Fsp3) is 0.325. The maximum Gasteiger partial charge on any atom is 0.264 e. The van der Waals surface area contributed by atoms with Gasteiger partial charge in [0.1, 0.15) is 24.8 Å². The van der Waals surface area contributed by atoms with Gasteiger partial charge in [0.15, 0.2) is 0 Å². The number of imide groups is 2. The molecule has 5 amide bonds. The number of anilines is 2. The van der Waals surface area contributed by atoms with Crippen LogP contribution < -0.4 is 25.6 Å². The van der Waals surface area contributed by atoms with Gasteiger partial charge in [-0.15, -0.1) is 0 Å². The van der Waals surface area contributed by atoms with Crippen molar-refractivity contribution in [3.8, 4) is 5.75 Å². The van der Waals surface area contributed by atoms with Crippen LogP contribution in [-0.2, 0) is 31.8 Å². The monoisotopic (exact) mass is 797 g/mol. The summed E-state index contributed by atoms with van der Waals surface area (Å²) in [7, 11) is -0.892. The van der Waals surface area contributed by atoms with E-state index < -0.39 is 36.8 Å². The quantitative estimate of drug-likeness (QED) is 0.168. The number of piperazine rings is 1. The summed E-state index contributed by atoms with van der Waals surface area (Å²) in [5.41, 5.74) is 3.98. The average Bonchev–Trinajstić information content (AvgIpc) is 3.44. The molecule has 14 nitrogen and oxygen atoms in total. The number of hydrogen-bond donors (Lipinski definition) is 2. The SMILES string of the molecule is COc1cc(N2CCN(C(=O)CNc3cccc4c3C(=O)N(C3CCC(=O)NC3=O)C4=O)CC2)ccc1Cc1ncc(Cl)c(Cc2ccccc2P(C)(C)=O)n1. The molecule has 4 heterocycles. The van der Waals surface area contributed by atoms with Crippen LogP contribution in [0.4, 0.5) is 11.4 Å². The summed E-state index contributed by atoms with van der Waals surface area (Å²) < 4.78 is 18.7. The Morgan fingerprint density at radius 2 is 1.73 bits per heavy atom. The first-order valence-electron chi connectivity index (χ1n) is 18.2. The van der Waals surface area contributed by atoms with Crippen molar-refractivity contribution < 1.29 is 33.3 Å². The smallest absolute Gasteiger partial charge is 0.264 e. The van der Waals surface area contributed by atoms with Crippen LogP contribution in [0.2, 0.25) is 5.02 Å². The molecule has 3 aromatic carbocycles. The van der Waals surface area contributed by atoms with Crippen molar-refractivity contribution in [2.45, 2.75) is 31.7 Å². The molecule has 1 aromatic heterocycles. The molecule has 2 fully saturated rings. The number of methoxy groups -OCH3 is 1. The third kappa shape index (κ3) is 7.89. The number of carbonyl (C=O) groups excluding carboxylic acids is 5. The van der Waals surface area contributed by atoms with Crippen LogP contribution in [0.25, 0.3) is 0 Å². The van der Waals surface area contributed by atoms with E-state index >= 15 is 0 Å². The third-order valence-electron chi connectivity index (χ3n) is 10.3. The van der Waals surface area contributed by atoms with Gasteiger partial charge in [0.05, 0.1) is 35.5 Å². The fourth-order valence-electron chi connectivity index (χ4n) is 7.42. The first-order valence-corrected chi connectivity index (χ1v) is 21.2. The molecule has 56 heavy (non-hydrogen) atoms. The van der Waals surface area contributed by atoms with Gasteiger partial charge >= 0.3 is 0 Å². The van der Waals surface area contributed by atoms with Crippen molar-refractivity contribution in [3.63, 3.8) is 0 Å². The Bertz CT molecular complexity index is 2310. The van der Waals surface area contributed by atoms with Crippen molar-refractivity contribution in [1.29, 1.82) is 0 Å². The number of nitrogens with zero attached hydrogens (tertiary/aromatic N) is 5. The Kier molecular flexibility index (Phi) is 11.0. The number of rotatable bonds is 11. The second-order valence-electron chi connectivity index (χ2n) is 14.3. The van der Waals surface area contributed by atoms with E-state index in [1.54, 1.807) is 43.7 Å². The molecular formula is C40H41ClN7O7P. The lowest BCUT2D eigenvalue weighted by atomic mass is 10.0. The lowest BCUT2D eigenvalue weighted by Gasteiger charge is -2.36. The number of amides is 5. The molecule has 0 radical (unpaired) electrons. The Hall–Kier alpha value is -5.59. The zero-order chi connectivity index (χ0) is 39.7. The summed E-state index contributed by atoms with van der Waals surface area (Å²) in [6.45, 7) is 5.50. The van der Waals surface area contributed by atoms with Gasteiger partial charge in [-0.1, -0.05) is 48.0 Å². The third-order valence-corrected chi connectivity index (χ3v) is 12.2. The van der Waals surface area contributed by atoms with Crippen molar-refractivity contribution in [2.24, 2.45) is 0 Å². The highest BCUT2D eigenvalue weighted by Gasteiger charge is 2.45. The number of hydrogen-bond acceptors (Lipinski definition) is 11. The molecule has 290 valence electrons. The van der Waals surface area contributed by atoms with Crippen LogP contribution in [0.1, 0.15) is 56.2 Å². The van der Waals surface area contributed by atoms with Crippen LogP contribution in [0.15, 0.2) is 66.9 Å². The molecule has 1 unspecified atom stereocenters. The minimum atomic E-state index is -2.51. The predicted octanol–water partition coefficient (Wildman–Crippen LogP) is 3.73. The zero-order valence-corrected chi connectivity index (χ0v) is 32.9. The number of ether oxygens (including phenoxy) is 1. The summed E-state index contributed by atoms with van der Waals surface area (Å²) in [4.78, 5) is 78.1. The van der Waals surface area contributed by atoms with Gasteiger partial charge in [-0.25, -0.2) is 9.97 Å². The molecule has 0 bridgehead atoms. The van der Waals surface area contributed by atoms with Gasteiger partial charge in [0.2, 0.25) is 17.7 Å². The summed E-state index contributed by atoms with van der Waals surface area (Å²) in [6, 6.07) is 17.3. The van der Waals surface area contributed by atoms with Gasteiger partial charge in [-0.3, -0.25) is 34.2 Å². The fourth-order valence-corrected chi connectivity index (χ4v) is 8.87. The van der Waals surface area contributed by atoms with E-state index in [1.165, 1.54) is 6.07 Å². The minimum absolute atomic E-state index is 0.0263. The van der Waals surface area contributed by atoms with Crippen LogP contribution in [0.3, 0.4) is 0 Å². The molecule has 2 saturated heterocycles. The van der Waals surface area contributed by atoms with E-state index in [9.17, 15) is 28.5 Å². The molecule has 1 atom stereocenters. The molecule has 0 spiro atoms. The number of nitrogens with one attached hydrogen (secondary N) is 2. The van der Waals surface area contributed by atoms with E-state index in [0.717, 1.165) is 27.0 Å². The maximum atomic E-state index is 13.4. The predicted molar refractivity (Wildman–Crippen MR) is 212 cm³/mol. The van der Waals surface area contributed by atoms with Gasteiger partial charge in [0, 0.05) is 79.9 Å². The Morgan fingerprint density at radius 3 is 2.46 bits per heavy atom. The van der Waals surface area contributed by atoms with E-state index in [4.69, 9.17) is 21.3 Å². The lowest BCUT2D eigenvalue weighted by Crippen LogP contribution is -2.54. The second kappa shape index (κ2) is 15.9. The largest absolute Gasteiger partial charge is 0.496 e. The summed E-state index contributed by atoms with van der Waals surface area (Å²) in [6.07, 6.45) is 2.52. The topological polar surface area (TPSA) is 171 Å². The standard InChI is InChI=1S/C40H41ClN7O7P/c1-55-32-21-26(12-11-24(32)20-34-43-22-28(41)30(44-34)19-25-7-4-5-10-33(25)56(2,3)54)46-15-17-47(18-16-46)36(50)23-42-29-9-6-8-27-37(29)40(53)48(39(27)52)31-13-14-35(49)45-38(31)51/h4-12,21-22,31,42H,13-20,23H2,1-3H3,(H,45,49,51). The second-order valence-corrected chi connectivity index (χ2v) is 17.9. The summed E-state index contributed by atoms with van der Waals surface area (Å²) in [5, 5.41) is 6.48. The Morgan fingerprint density at radius 1 is 0.964 bits per heavy atom. The summed E-state index contributed by atoms with van der Waals surface area (Å²) in [5.74, 6) is -1.29. The van der Waals surface area contributed by atoms with Crippen LogP contribution in [-0.4, -0.2) is 109 Å². The van der Waals surface area contributed by atoms with E-state index in [2.05, 4.69) is 20.5 Å². The van der Waals surface area contributed by atoms with Crippen LogP contribution >= 0.6 is 18.7 Å². The molecule has 7 rings (SSSR count). The molecule has 16 heteroatoms. The normalized spacial score (nSPS) is 17.2. The van der Waals surface area contributed by atoms with Crippen molar-refractivity contribution >= 4 is 65.0 Å². The Labute approximate surface area is 328 Å². The first kappa shape index (κ1) is 38.7. The number of carbonyl (C=O) groups is 5. The maximum absolute atomic E-state index is 13.4. The van der Waals surface area contributed by atoms with Crippen LogP contribution in [0.5, 0.6) is 5.75 Å². The van der Waals surface area contributed by atoms with E-state index in [-0.39, 0.29) is 36.4 Å².